The fourth-order valence-corrected chi connectivity index (χ4v) is 1.87. The molecule has 18 heavy (non-hydrogen) atoms. The second-order valence-corrected chi connectivity index (χ2v) is 4.57. The molecule has 1 aromatic carbocycles. The molecule has 4 nitrogen and oxygen atoms in total. The van der Waals surface area contributed by atoms with Crippen molar-refractivity contribution in [3.05, 3.63) is 34.1 Å². The molecule has 0 fully saturated rings. The van der Waals surface area contributed by atoms with Gasteiger partial charge in [-0.1, -0.05) is 21.1 Å². The minimum atomic E-state index is -0.754. The van der Waals surface area contributed by atoms with Gasteiger partial charge in [-0.25, -0.2) is 8.78 Å². The molecule has 2 N–H and O–H groups in total. The number of nitrogens with two attached hydrogens (primary N) is 1. The van der Waals surface area contributed by atoms with E-state index >= 15 is 0 Å². The number of hydrogen-bond donors (Lipinski definition) is 1. The van der Waals surface area contributed by atoms with Crippen LogP contribution in [0.1, 0.15) is 12.2 Å². The summed E-state index contributed by atoms with van der Waals surface area (Å²) in [7, 11) is 0. The quantitative estimate of drug-likeness (QED) is 0.941. The summed E-state index contributed by atoms with van der Waals surface area (Å²) in [5, 5.41) is 3.65. The molecule has 0 aliphatic heterocycles. The highest BCUT2D eigenvalue weighted by atomic mass is 79.9. The van der Waals surface area contributed by atoms with Crippen LogP contribution in [0.3, 0.4) is 0 Å². The lowest BCUT2D eigenvalue weighted by Gasteiger charge is -2.00. The summed E-state index contributed by atoms with van der Waals surface area (Å²) in [4.78, 5) is 3.94. The third kappa shape index (κ3) is 2.73. The standard InChI is InChI=1S/C11H10BrF2N3O/c12-6-4-7(13)10(8(14)5-6)11-16-9(17-18-11)2-1-3-15/h4-5H,1-3,15H2. The molecule has 0 saturated heterocycles. The van der Waals surface area contributed by atoms with Crippen LogP contribution in [0, 0.1) is 11.6 Å². The van der Waals surface area contributed by atoms with Crippen LogP contribution in [-0.4, -0.2) is 16.7 Å². The van der Waals surface area contributed by atoms with Gasteiger partial charge in [-0.2, -0.15) is 4.98 Å². The maximum atomic E-state index is 13.6. The molecule has 0 atom stereocenters. The number of aromatic nitrogens is 2. The largest absolute Gasteiger partial charge is 0.334 e. The number of rotatable bonds is 4. The lowest BCUT2D eigenvalue weighted by molar-refractivity contribution is 0.416. The van der Waals surface area contributed by atoms with Crippen LogP contribution in [0.4, 0.5) is 8.78 Å². The van der Waals surface area contributed by atoms with Gasteiger partial charge in [0.2, 0.25) is 0 Å². The van der Waals surface area contributed by atoms with Gasteiger partial charge in [0, 0.05) is 10.9 Å². The molecule has 2 rings (SSSR count). The Hall–Kier alpha value is -1.34. The SMILES string of the molecule is NCCCc1noc(-c2c(F)cc(Br)cc2F)n1. The van der Waals surface area contributed by atoms with Crippen LogP contribution < -0.4 is 5.73 Å². The first-order chi connectivity index (χ1) is 8.61. The van der Waals surface area contributed by atoms with E-state index in [1.165, 1.54) is 0 Å². The summed E-state index contributed by atoms with van der Waals surface area (Å²) in [6.07, 6.45) is 1.20. The van der Waals surface area contributed by atoms with E-state index in [1.54, 1.807) is 0 Å². The highest BCUT2D eigenvalue weighted by Crippen LogP contribution is 2.27. The first-order valence-electron chi connectivity index (χ1n) is 5.29. The molecule has 0 aliphatic carbocycles. The average molecular weight is 318 g/mol. The van der Waals surface area contributed by atoms with E-state index in [2.05, 4.69) is 26.1 Å². The molecular formula is C11H10BrF2N3O. The number of benzene rings is 1. The Kier molecular flexibility index (Phi) is 4.03. The van der Waals surface area contributed by atoms with Gasteiger partial charge in [-0.05, 0) is 25.1 Å². The third-order valence-corrected chi connectivity index (χ3v) is 2.75. The van der Waals surface area contributed by atoms with Crippen molar-refractivity contribution in [1.82, 2.24) is 10.1 Å². The number of nitrogens with zero attached hydrogens (tertiary/aromatic N) is 2. The average Bonchev–Trinajstić information content (AvgIpc) is 2.73. The van der Waals surface area contributed by atoms with E-state index in [0.717, 1.165) is 12.1 Å². The first-order valence-corrected chi connectivity index (χ1v) is 6.08. The Morgan fingerprint density at radius 2 is 1.94 bits per heavy atom. The van der Waals surface area contributed by atoms with E-state index in [4.69, 9.17) is 10.3 Å². The Morgan fingerprint density at radius 1 is 1.28 bits per heavy atom. The molecule has 0 saturated carbocycles. The molecule has 0 aliphatic rings. The van der Waals surface area contributed by atoms with Gasteiger partial charge >= 0.3 is 0 Å². The molecule has 0 unspecified atom stereocenters. The molecule has 0 radical (unpaired) electrons. The van der Waals surface area contributed by atoms with Gasteiger partial charge in [0.05, 0.1) is 0 Å². The monoisotopic (exact) mass is 317 g/mol. The Bertz CT molecular complexity index is 536. The number of aryl methyl sites for hydroxylation is 1. The lowest BCUT2D eigenvalue weighted by Crippen LogP contribution is -2.01. The van der Waals surface area contributed by atoms with Crippen molar-refractivity contribution in [2.45, 2.75) is 12.8 Å². The Labute approximate surface area is 110 Å². The second kappa shape index (κ2) is 5.53. The predicted molar refractivity (Wildman–Crippen MR) is 64.7 cm³/mol. The maximum Gasteiger partial charge on any atom is 0.263 e. The molecule has 1 heterocycles. The minimum Gasteiger partial charge on any atom is -0.334 e. The lowest BCUT2D eigenvalue weighted by atomic mass is 10.2. The summed E-state index contributed by atoms with van der Waals surface area (Å²) in [6, 6.07) is 2.28. The van der Waals surface area contributed by atoms with E-state index in [0.29, 0.717) is 29.7 Å². The van der Waals surface area contributed by atoms with Crippen LogP contribution in [-0.2, 0) is 6.42 Å². The van der Waals surface area contributed by atoms with Gasteiger partial charge in [-0.15, -0.1) is 0 Å². The normalized spacial score (nSPS) is 10.9. The highest BCUT2D eigenvalue weighted by molar-refractivity contribution is 9.10. The van der Waals surface area contributed by atoms with Crippen molar-refractivity contribution in [2.75, 3.05) is 6.54 Å². The van der Waals surface area contributed by atoms with Crippen LogP contribution in [0.15, 0.2) is 21.1 Å². The molecule has 0 bridgehead atoms. The molecule has 0 amide bonds. The second-order valence-electron chi connectivity index (χ2n) is 3.65. The zero-order valence-electron chi connectivity index (χ0n) is 9.29. The van der Waals surface area contributed by atoms with Crippen LogP contribution >= 0.6 is 15.9 Å². The van der Waals surface area contributed by atoms with Crippen molar-refractivity contribution in [3.8, 4) is 11.5 Å². The highest BCUT2D eigenvalue weighted by Gasteiger charge is 2.18. The molecule has 0 spiro atoms. The number of halogens is 3. The Balaban J connectivity index is 2.34. The maximum absolute atomic E-state index is 13.6. The fourth-order valence-electron chi connectivity index (χ4n) is 1.46. The zero-order valence-corrected chi connectivity index (χ0v) is 10.9. The van der Waals surface area contributed by atoms with Crippen LogP contribution in [0.2, 0.25) is 0 Å². The van der Waals surface area contributed by atoms with E-state index in [-0.39, 0.29) is 11.5 Å². The summed E-state index contributed by atoms with van der Waals surface area (Å²) >= 11 is 3.00. The topological polar surface area (TPSA) is 64.9 Å². The minimum absolute atomic E-state index is 0.162. The fraction of sp³-hybridized carbons (Fsp3) is 0.273. The van der Waals surface area contributed by atoms with Gasteiger partial charge in [0.15, 0.2) is 5.82 Å². The summed E-state index contributed by atoms with van der Waals surface area (Å²) < 4.78 is 32.4. The third-order valence-electron chi connectivity index (χ3n) is 2.29. The van der Waals surface area contributed by atoms with Crippen molar-refractivity contribution < 1.29 is 13.3 Å². The molecule has 2 aromatic rings. The van der Waals surface area contributed by atoms with Crippen molar-refractivity contribution in [1.29, 1.82) is 0 Å². The van der Waals surface area contributed by atoms with Gasteiger partial charge in [0.25, 0.3) is 5.89 Å². The zero-order chi connectivity index (χ0) is 13.1. The molecular weight excluding hydrogens is 308 g/mol. The van der Waals surface area contributed by atoms with Gasteiger partial charge < -0.3 is 10.3 Å². The van der Waals surface area contributed by atoms with Crippen LogP contribution in [0.5, 0.6) is 0 Å². The van der Waals surface area contributed by atoms with Crippen LogP contribution in [0.25, 0.3) is 11.5 Å². The number of hydrogen-bond acceptors (Lipinski definition) is 4. The van der Waals surface area contributed by atoms with Gasteiger partial charge in [-0.3, -0.25) is 0 Å². The van der Waals surface area contributed by atoms with Crippen molar-refractivity contribution in [3.63, 3.8) is 0 Å². The Morgan fingerprint density at radius 3 is 2.56 bits per heavy atom. The van der Waals surface area contributed by atoms with Gasteiger partial charge in [0.1, 0.15) is 17.2 Å². The molecule has 7 heteroatoms. The smallest absolute Gasteiger partial charge is 0.263 e. The molecule has 1 aromatic heterocycles. The van der Waals surface area contributed by atoms with Crippen molar-refractivity contribution in [2.24, 2.45) is 5.73 Å². The van der Waals surface area contributed by atoms with Crippen molar-refractivity contribution >= 4 is 15.9 Å². The summed E-state index contributed by atoms with van der Waals surface area (Å²) in [5.74, 6) is -1.28. The molecule has 96 valence electrons. The van der Waals surface area contributed by atoms with E-state index < -0.39 is 11.6 Å². The summed E-state index contributed by atoms with van der Waals surface area (Å²) in [5.41, 5.74) is 5.03. The van der Waals surface area contributed by atoms with E-state index in [1.807, 2.05) is 0 Å². The first kappa shape index (κ1) is 13.1. The predicted octanol–water partition coefficient (Wildman–Crippen LogP) is 2.67. The van der Waals surface area contributed by atoms with E-state index in [9.17, 15) is 8.78 Å². The summed E-state index contributed by atoms with van der Waals surface area (Å²) in [6.45, 7) is 0.491.